The lowest BCUT2D eigenvalue weighted by molar-refractivity contribution is -0.119. The zero-order valence-corrected chi connectivity index (χ0v) is 8.03. The average Bonchev–Trinajstić information content (AvgIpc) is 1.88. The first kappa shape index (κ1) is 10.6. The van der Waals surface area contributed by atoms with Crippen LogP contribution in [0.25, 0.3) is 0 Å². The fraction of sp³-hybridized carbons (Fsp3) is 0.750. The van der Waals surface area contributed by atoms with Crippen LogP contribution in [0.4, 0.5) is 0 Å². The van der Waals surface area contributed by atoms with E-state index in [1.165, 1.54) is 0 Å². The van der Waals surface area contributed by atoms with E-state index < -0.39 is 0 Å². The van der Waals surface area contributed by atoms with Gasteiger partial charge in [-0.05, 0) is 32.5 Å². The number of ether oxygens (including phenoxy) is 1. The number of ketones is 1. The summed E-state index contributed by atoms with van der Waals surface area (Å²) in [6.45, 7) is 5.87. The Labute approximate surface area is 72.9 Å². The monoisotopic (exact) mass is 174 g/mol. The molecule has 0 aromatic heterocycles. The Morgan fingerprint density at radius 2 is 2.09 bits per heavy atom. The zero-order valence-electron chi connectivity index (χ0n) is 7.22. The molecule has 0 aliphatic carbocycles. The van der Waals surface area contributed by atoms with Crippen molar-refractivity contribution in [1.82, 2.24) is 0 Å². The molecule has 0 heterocycles. The van der Waals surface area contributed by atoms with Gasteiger partial charge >= 0.3 is 0 Å². The van der Waals surface area contributed by atoms with Gasteiger partial charge in [-0.25, -0.2) is 0 Å². The van der Waals surface area contributed by atoms with Gasteiger partial charge in [-0.3, -0.25) is 4.79 Å². The predicted octanol–water partition coefficient (Wildman–Crippen LogP) is 1.97. The van der Waals surface area contributed by atoms with Crippen molar-refractivity contribution in [1.29, 1.82) is 0 Å². The quantitative estimate of drug-likeness (QED) is 0.609. The Bertz CT molecular complexity index is 154. The molecule has 1 atom stereocenters. The maximum absolute atomic E-state index is 10.9. The summed E-state index contributed by atoms with van der Waals surface area (Å²) in [5.74, 6) is -0.101. The first-order valence-corrected chi connectivity index (χ1v) is 4.21. The lowest BCUT2D eigenvalue weighted by Gasteiger charge is -2.12. The molecule has 11 heavy (non-hydrogen) atoms. The first-order chi connectivity index (χ1) is 5.13. The molecule has 1 unspecified atom stereocenters. The molecule has 0 saturated heterocycles. The third kappa shape index (κ3) is 3.46. The third-order valence-electron chi connectivity index (χ3n) is 1.47. The van der Waals surface area contributed by atoms with E-state index in [0.717, 1.165) is 6.42 Å². The zero-order chi connectivity index (χ0) is 8.85. The van der Waals surface area contributed by atoms with Crippen LogP contribution < -0.4 is 0 Å². The van der Waals surface area contributed by atoms with E-state index in [2.05, 4.69) is 0 Å². The highest BCUT2D eigenvalue weighted by Crippen LogP contribution is 2.08. The van der Waals surface area contributed by atoms with Gasteiger partial charge in [-0.15, -0.1) is 0 Å². The minimum absolute atomic E-state index is 0.0888. The normalized spacial score (nSPS) is 12.3. The van der Waals surface area contributed by atoms with Gasteiger partial charge in [0.25, 0.3) is 0 Å². The summed E-state index contributed by atoms with van der Waals surface area (Å²) in [6.07, 6.45) is 0.730. The van der Waals surface area contributed by atoms with Gasteiger partial charge in [-0.2, -0.15) is 0 Å². The molecule has 0 radical (unpaired) electrons. The van der Waals surface area contributed by atoms with Gasteiger partial charge in [0.05, 0.1) is 12.5 Å². The van der Waals surface area contributed by atoms with Crippen LogP contribution >= 0.6 is 12.2 Å². The Hall–Kier alpha value is -0.440. The molecule has 3 heteroatoms. The van der Waals surface area contributed by atoms with Crippen molar-refractivity contribution < 1.29 is 9.53 Å². The van der Waals surface area contributed by atoms with Gasteiger partial charge in [0.2, 0.25) is 0 Å². The van der Waals surface area contributed by atoms with Gasteiger partial charge in [-0.1, -0.05) is 6.92 Å². The first-order valence-electron chi connectivity index (χ1n) is 3.80. The van der Waals surface area contributed by atoms with Gasteiger partial charge in [0.15, 0.2) is 5.05 Å². The highest BCUT2D eigenvalue weighted by atomic mass is 32.1. The molecule has 0 rings (SSSR count). The number of Topliss-reactive ketones (excluding diaryl/α,β-unsaturated/α-hetero) is 1. The predicted molar refractivity (Wildman–Crippen MR) is 48.7 cm³/mol. The standard InChI is InChI=1S/C8H14O2S/c1-4-7(6(3)9)8(11)10-5-2/h7H,4-5H2,1-3H3. The van der Waals surface area contributed by atoms with Gasteiger partial charge < -0.3 is 4.74 Å². The van der Waals surface area contributed by atoms with E-state index in [0.29, 0.717) is 11.7 Å². The van der Waals surface area contributed by atoms with Crippen molar-refractivity contribution >= 4 is 23.1 Å². The topological polar surface area (TPSA) is 26.3 Å². The molecule has 0 N–H and O–H groups in total. The molecule has 0 aliphatic heterocycles. The van der Waals surface area contributed by atoms with Crippen molar-refractivity contribution in [2.24, 2.45) is 5.92 Å². The van der Waals surface area contributed by atoms with E-state index in [1.54, 1.807) is 6.92 Å². The molecule has 0 aromatic rings. The molecule has 2 nitrogen and oxygen atoms in total. The molecule has 0 saturated carbocycles. The minimum Gasteiger partial charge on any atom is -0.487 e. The van der Waals surface area contributed by atoms with E-state index >= 15 is 0 Å². The maximum Gasteiger partial charge on any atom is 0.170 e. The number of carbonyl (C=O) groups excluding carboxylic acids is 1. The molecule has 0 amide bonds. The van der Waals surface area contributed by atoms with E-state index in [4.69, 9.17) is 17.0 Å². The summed E-state index contributed by atoms with van der Waals surface area (Å²) in [6, 6.07) is 0. The van der Waals surface area contributed by atoms with E-state index in [1.807, 2.05) is 13.8 Å². The van der Waals surface area contributed by atoms with E-state index in [9.17, 15) is 4.79 Å². The average molecular weight is 174 g/mol. The minimum atomic E-state index is -0.190. The van der Waals surface area contributed by atoms with Crippen molar-refractivity contribution in [3.05, 3.63) is 0 Å². The van der Waals surface area contributed by atoms with Crippen molar-refractivity contribution in [2.75, 3.05) is 6.61 Å². The molecular formula is C8H14O2S. The fourth-order valence-electron chi connectivity index (χ4n) is 0.863. The maximum atomic E-state index is 10.9. The summed E-state index contributed by atoms with van der Waals surface area (Å²) in [4.78, 5) is 10.9. The highest BCUT2D eigenvalue weighted by Gasteiger charge is 2.17. The van der Waals surface area contributed by atoms with Crippen LogP contribution in [0.15, 0.2) is 0 Å². The largest absolute Gasteiger partial charge is 0.487 e. The summed E-state index contributed by atoms with van der Waals surface area (Å²) >= 11 is 4.91. The highest BCUT2D eigenvalue weighted by molar-refractivity contribution is 7.80. The lowest BCUT2D eigenvalue weighted by atomic mass is 10.0. The smallest absolute Gasteiger partial charge is 0.170 e. The molecule has 0 bridgehead atoms. The lowest BCUT2D eigenvalue weighted by Crippen LogP contribution is -2.21. The van der Waals surface area contributed by atoms with Crippen LogP contribution in [0.2, 0.25) is 0 Å². The fourth-order valence-corrected chi connectivity index (χ4v) is 1.31. The molecule has 0 aromatic carbocycles. The SMILES string of the molecule is CCOC(=S)C(CC)C(C)=O. The van der Waals surface area contributed by atoms with Crippen LogP contribution in [0.5, 0.6) is 0 Å². The van der Waals surface area contributed by atoms with E-state index in [-0.39, 0.29) is 11.7 Å². The molecule has 64 valence electrons. The van der Waals surface area contributed by atoms with Crippen molar-refractivity contribution in [3.8, 4) is 0 Å². The number of hydrogen-bond donors (Lipinski definition) is 0. The second kappa shape index (κ2) is 5.24. The Kier molecular flexibility index (Phi) is 5.03. The van der Waals surface area contributed by atoms with Gasteiger partial charge in [0, 0.05) is 0 Å². The Morgan fingerprint density at radius 3 is 2.36 bits per heavy atom. The molecular weight excluding hydrogens is 160 g/mol. The summed E-state index contributed by atoms with van der Waals surface area (Å²) in [5, 5.41) is 0.433. The third-order valence-corrected chi connectivity index (χ3v) is 1.87. The molecule has 0 spiro atoms. The molecule has 0 aliphatic rings. The number of carbonyl (C=O) groups is 1. The number of thiocarbonyl (C=S) groups is 1. The van der Waals surface area contributed by atoms with Crippen LogP contribution in [-0.4, -0.2) is 17.4 Å². The molecule has 0 fully saturated rings. The van der Waals surface area contributed by atoms with Crippen molar-refractivity contribution in [3.63, 3.8) is 0 Å². The summed E-state index contributed by atoms with van der Waals surface area (Å²) in [7, 11) is 0. The van der Waals surface area contributed by atoms with Crippen molar-refractivity contribution in [2.45, 2.75) is 27.2 Å². The Morgan fingerprint density at radius 1 is 1.55 bits per heavy atom. The summed E-state index contributed by atoms with van der Waals surface area (Å²) in [5.41, 5.74) is 0. The van der Waals surface area contributed by atoms with Crippen LogP contribution in [0, 0.1) is 5.92 Å². The second-order valence-electron chi connectivity index (χ2n) is 2.32. The van der Waals surface area contributed by atoms with Crippen LogP contribution in [0.3, 0.4) is 0 Å². The van der Waals surface area contributed by atoms with Crippen LogP contribution in [-0.2, 0) is 9.53 Å². The summed E-state index contributed by atoms with van der Waals surface area (Å²) < 4.78 is 5.07. The number of rotatable bonds is 4. The second-order valence-corrected chi connectivity index (χ2v) is 2.73. The Balaban J connectivity index is 4.03. The van der Waals surface area contributed by atoms with Gasteiger partial charge in [0.1, 0.15) is 5.78 Å². The number of hydrogen-bond acceptors (Lipinski definition) is 3. The van der Waals surface area contributed by atoms with Crippen LogP contribution in [0.1, 0.15) is 27.2 Å².